The number of nitro groups is 1. The number of nitrogens with zero attached hydrogens (tertiary/aromatic N) is 2. The van der Waals surface area contributed by atoms with Crippen molar-refractivity contribution in [2.75, 3.05) is 13.1 Å². The number of rotatable bonds is 7. The van der Waals surface area contributed by atoms with E-state index < -0.39 is 14.9 Å². The highest BCUT2D eigenvalue weighted by Crippen LogP contribution is 2.29. The van der Waals surface area contributed by atoms with Crippen LogP contribution in [0.3, 0.4) is 0 Å². The van der Waals surface area contributed by atoms with Crippen molar-refractivity contribution in [2.24, 2.45) is 0 Å². The molecular weight excluding hydrogens is 422 g/mol. The highest BCUT2D eigenvalue weighted by molar-refractivity contribution is 7.89. The fraction of sp³-hybridized carbons (Fsp3) is 0.238. The third kappa shape index (κ3) is 4.44. The van der Waals surface area contributed by atoms with E-state index in [2.05, 4.69) is 21.8 Å². The van der Waals surface area contributed by atoms with Gasteiger partial charge < -0.3 is 0 Å². The molecule has 0 fully saturated rings. The van der Waals surface area contributed by atoms with Gasteiger partial charge in [0.05, 0.1) is 9.82 Å². The van der Waals surface area contributed by atoms with Gasteiger partial charge in [0.2, 0.25) is 10.0 Å². The summed E-state index contributed by atoms with van der Waals surface area (Å²) >= 11 is 1.57. The Balaban J connectivity index is 1.55. The molecule has 1 N–H and O–H groups in total. The summed E-state index contributed by atoms with van der Waals surface area (Å²) in [5.41, 5.74) is 3.39. The van der Waals surface area contributed by atoms with E-state index in [1.165, 1.54) is 29.3 Å². The quantitative estimate of drug-likeness (QED) is 0.444. The summed E-state index contributed by atoms with van der Waals surface area (Å²) in [4.78, 5) is 12.6. The van der Waals surface area contributed by atoms with E-state index in [1.807, 2.05) is 29.0 Å². The van der Waals surface area contributed by atoms with Crippen LogP contribution in [-0.4, -0.2) is 31.3 Å². The van der Waals surface area contributed by atoms with Gasteiger partial charge in [-0.05, 0) is 46.0 Å². The predicted octanol–water partition coefficient (Wildman–Crippen LogP) is 3.73. The zero-order valence-electron chi connectivity index (χ0n) is 16.1. The standard InChI is InChI=1S/C21H21N3O4S2/c25-24(26)19-6-3-7-20(12-19)30(27,28)22-13-21(18-9-11-29-15-18)23-10-8-16-4-1-2-5-17(16)14-23/h1-7,9,11-12,15,21-22H,8,10,13-14H2. The van der Waals surface area contributed by atoms with Crippen molar-refractivity contribution in [3.8, 4) is 0 Å². The van der Waals surface area contributed by atoms with Crippen LogP contribution in [0.2, 0.25) is 0 Å². The lowest BCUT2D eigenvalue weighted by Crippen LogP contribution is -2.40. The highest BCUT2D eigenvalue weighted by atomic mass is 32.2. The second-order valence-corrected chi connectivity index (χ2v) is 9.72. The Labute approximate surface area is 179 Å². The van der Waals surface area contributed by atoms with Crippen LogP contribution in [0.5, 0.6) is 0 Å². The summed E-state index contributed by atoms with van der Waals surface area (Å²) in [5.74, 6) is 0. The van der Waals surface area contributed by atoms with Gasteiger partial charge >= 0.3 is 0 Å². The zero-order chi connectivity index (χ0) is 21.1. The molecule has 0 aliphatic carbocycles. The summed E-state index contributed by atoms with van der Waals surface area (Å²) < 4.78 is 28.3. The number of nitrogens with one attached hydrogen (secondary N) is 1. The van der Waals surface area contributed by atoms with Crippen LogP contribution in [0.25, 0.3) is 0 Å². The number of hydrogen-bond donors (Lipinski definition) is 1. The lowest BCUT2D eigenvalue weighted by molar-refractivity contribution is -0.385. The molecule has 0 amide bonds. The maximum Gasteiger partial charge on any atom is 0.270 e. The Hall–Kier alpha value is -2.59. The van der Waals surface area contributed by atoms with E-state index in [9.17, 15) is 18.5 Å². The molecule has 0 spiro atoms. The SMILES string of the molecule is O=[N+]([O-])c1cccc(S(=O)(=O)NCC(c2ccsc2)N2CCc3ccccc3C2)c1. The third-order valence-corrected chi connectivity index (χ3v) is 7.46. The van der Waals surface area contributed by atoms with E-state index in [0.29, 0.717) is 0 Å². The van der Waals surface area contributed by atoms with Gasteiger partial charge in [-0.2, -0.15) is 11.3 Å². The van der Waals surface area contributed by atoms with Crippen molar-refractivity contribution in [1.29, 1.82) is 0 Å². The Morgan fingerprint density at radius 3 is 2.67 bits per heavy atom. The molecule has 0 saturated carbocycles. The molecule has 7 nitrogen and oxygen atoms in total. The lowest BCUT2D eigenvalue weighted by Gasteiger charge is -2.35. The zero-order valence-corrected chi connectivity index (χ0v) is 17.7. The molecule has 156 valence electrons. The molecule has 0 radical (unpaired) electrons. The van der Waals surface area contributed by atoms with E-state index in [0.717, 1.165) is 31.1 Å². The van der Waals surface area contributed by atoms with Crippen molar-refractivity contribution < 1.29 is 13.3 Å². The average Bonchev–Trinajstić information content (AvgIpc) is 3.28. The van der Waals surface area contributed by atoms with Gasteiger partial charge in [-0.15, -0.1) is 0 Å². The summed E-state index contributed by atoms with van der Waals surface area (Å²) in [7, 11) is -3.88. The van der Waals surface area contributed by atoms with Crippen LogP contribution >= 0.6 is 11.3 Å². The molecule has 2 aromatic carbocycles. The van der Waals surface area contributed by atoms with Crippen molar-refractivity contribution in [3.63, 3.8) is 0 Å². The number of sulfonamides is 1. The van der Waals surface area contributed by atoms with Gasteiger partial charge in [0.15, 0.2) is 0 Å². The van der Waals surface area contributed by atoms with Crippen LogP contribution in [0.15, 0.2) is 70.3 Å². The first-order valence-electron chi connectivity index (χ1n) is 9.51. The molecule has 1 aliphatic heterocycles. The molecule has 1 aromatic heterocycles. The largest absolute Gasteiger partial charge is 0.290 e. The van der Waals surface area contributed by atoms with Crippen molar-refractivity contribution in [1.82, 2.24) is 9.62 Å². The summed E-state index contributed by atoms with van der Waals surface area (Å²) in [6.45, 7) is 1.76. The van der Waals surface area contributed by atoms with Gasteiger partial charge in [0.1, 0.15) is 0 Å². The molecule has 2 heterocycles. The van der Waals surface area contributed by atoms with E-state index in [-0.39, 0.29) is 23.2 Å². The topological polar surface area (TPSA) is 92.5 Å². The number of benzene rings is 2. The second-order valence-electron chi connectivity index (χ2n) is 7.17. The fourth-order valence-corrected chi connectivity index (χ4v) is 5.53. The van der Waals surface area contributed by atoms with Gasteiger partial charge in [0, 0.05) is 37.8 Å². The molecule has 30 heavy (non-hydrogen) atoms. The minimum Gasteiger partial charge on any atom is -0.290 e. The Bertz CT molecular complexity index is 1150. The van der Waals surface area contributed by atoms with E-state index >= 15 is 0 Å². The summed E-state index contributed by atoms with van der Waals surface area (Å²) in [6.07, 6.45) is 0.911. The lowest BCUT2D eigenvalue weighted by atomic mass is 9.97. The molecular formula is C21H21N3O4S2. The molecule has 0 saturated heterocycles. The van der Waals surface area contributed by atoms with Crippen LogP contribution in [-0.2, 0) is 23.0 Å². The molecule has 9 heteroatoms. The third-order valence-electron chi connectivity index (χ3n) is 5.33. The number of nitro benzene ring substituents is 1. The predicted molar refractivity (Wildman–Crippen MR) is 116 cm³/mol. The monoisotopic (exact) mass is 443 g/mol. The van der Waals surface area contributed by atoms with Gasteiger partial charge in [-0.3, -0.25) is 15.0 Å². The summed E-state index contributed by atoms with van der Waals surface area (Å²) in [6, 6.07) is 15.3. The van der Waals surface area contributed by atoms with Crippen LogP contribution in [0.4, 0.5) is 5.69 Å². The Morgan fingerprint density at radius 1 is 1.13 bits per heavy atom. The van der Waals surface area contributed by atoms with Gasteiger partial charge in [-0.25, -0.2) is 13.1 Å². The fourth-order valence-electron chi connectivity index (χ4n) is 3.74. The molecule has 4 rings (SSSR count). The molecule has 1 atom stereocenters. The van der Waals surface area contributed by atoms with Crippen molar-refractivity contribution in [2.45, 2.75) is 23.9 Å². The number of non-ortho nitro benzene ring substituents is 1. The Kier molecular flexibility index (Phi) is 5.96. The first-order chi connectivity index (χ1) is 14.4. The number of fused-ring (bicyclic) bond motifs is 1. The van der Waals surface area contributed by atoms with E-state index in [4.69, 9.17) is 0 Å². The molecule has 1 aliphatic rings. The smallest absolute Gasteiger partial charge is 0.270 e. The molecule has 1 unspecified atom stereocenters. The first-order valence-corrected chi connectivity index (χ1v) is 11.9. The van der Waals surface area contributed by atoms with Gasteiger partial charge in [0.25, 0.3) is 5.69 Å². The Morgan fingerprint density at radius 2 is 1.93 bits per heavy atom. The second kappa shape index (κ2) is 8.65. The van der Waals surface area contributed by atoms with E-state index in [1.54, 1.807) is 11.3 Å². The minimum absolute atomic E-state index is 0.107. The minimum atomic E-state index is -3.88. The van der Waals surface area contributed by atoms with Crippen LogP contribution < -0.4 is 4.72 Å². The maximum atomic E-state index is 12.8. The number of hydrogen-bond acceptors (Lipinski definition) is 6. The van der Waals surface area contributed by atoms with Crippen molar-refractivity contribution in [3.05, 3.63) is 92.2 Å². The average molecular weight is 444 g/mol. The van der Waals surface area contributed by atoms with Crippen LogP contribution in [0, 0.1) is 10.1 Å². The molecule has 3 aromatic rings. The molecule has 0 bridgehead atoms. The first kappa shape index (κ1) is 20.7. The maximum absolute atomic E-state index is 12.8. The highest BCUT2D eigenvalue weighted by Gasteiger charge is 2.27. The van der Waals surface area contributed by atoms with Crippen LogP contribution in [0.1, 0.15) is 22.7 Å². The van der Waals surface area contributed by atoms with Gasteiger partial charge in [-0.1, -0.05) is 30.3 Å². The van der Waals surface area contributed by atoms with Crippen molar-refractivity contribution >= 4 is 27.0 Å². The summed E-state index contributed by atoms with van der Waals surface area (Å²) in [5, 5.41) is 15.0. The normalized spacial score (nSPS) is 15.5. The number of thiophene rings is 1.